The fourth-order valence-electron chi connectivity index (χ4n) is 2.46. The van der Waals surface area contributed by atoms with Crippen molar-refractivity contribution in [2.24, 2.45) is 5.92 Å². The normalized spacial score (nSPS) is 37.0. The number of esters is 1. The summed E-state index contributed by atoms with van der Waals surface area (Å²) in [5.41, 5.74) is 0. The third kappa shape index (κ3) is 2.66. The highest BCUT2D eigenvalue weighted by Gasteiger charge is 2.45. The summed E-state index contributed by atoms with van der Waals surface area (Å²) < 4.78 is 16.2. The van der Waals surface area contributed by atoms with Gasteiger partial charge in [-0.2, -0.15) is 0 Å². The smallest absolute Gasteiger partial charge is 0.308 e. The molecule has 0 amide bonds. The van der Waals surface area contributed by atoms with Crippen molar-refractivity contribution < 1.29 is 23.8 Å². The number of hydrogen-bond acceptors (Lipinski definition) is 5. The monoisotopic (exact) mass is 242 g/mol. The number of carbonyl (C=O) groups excluding carboxylic acids is 2. The van der Waals surface area contributed by atoms with Gasteiger partial charge in [-0.15, -0.1) is 0 Å². The van der Waals surface area contributed by atoms with Gasteiger partial charge >= 0.3 is 5.97 Å². The Kier molecular flexibility index (Phi) is 3.79. The molecule has 1 atom stereocenters. The summed E-state index contributed by atoms with van der Waals surface area (Å²) in [5.74, 6) is -0.815. The highest BCUT2D eigenvalue weighted by molar-refractivity contribution is 5.72. The van der Waals surface area contributed by atoms with Crippen LogP contribution in [0.4, 0.5) is 0 Å². The van der Waals surface area contributed by atoms with E-state index in [9.17, 15) is 9.59 Å². The van der Waals surface area contributed by atoms with Gasteiger partial charge in [0.25, 0.3) is 0 Å². The van der Waals surface area contributed by atoms with Crippen molar-refractivity contribution in [1.82, 2.24) is 0 Å². The zero-order chi connectivity index (χ0) is 12.3. The van der Waals surface area contributed by atoms with E-state index in [-0.39, 0.29) is 11.9 Å². The lowest BCUT2D eigenvalue weighted by molar-refractivity contribution is -0.195. The summed E-state index contributed by atoms with van der Waals surface area (Å²) in [7, 11) is 0. The zero-order valence-corrected chi connectivity index (χ0v) is 10.0. The molecule has 17 heavy (non-hydrogen) atoms. The van der Waals surface area contributed by atoms with Gasteiger partial charge in [0, 0.05) is 12.8 Å². The second-order valence-electron chi connectivity index (χ2n) is 4.54. The van der Waals surface area contributed by atoms with Crippen molar-refractivity contribution in [2.45, 2.75) is 44.5 Å². The Labute approximate surface area is 100 Å². The van der Waals surface area contributed by atoms with Crippen LogP contribution in [0.25, 0.3) is 0 Å². The summed E-state index contributed by atoms with van der Waals surface area (Å²) in [6, 6.07) is 0. The minimum absolute atomic E-state index is 0.0527. The number of aldehydes is 1. The molecule has 1 aliphatic heterocycles. The van der Waals surface area contributed by atoms with Crippen LogP contribution in [-0.2, 0) is 23.8 Å². The van der Waals surface area contributed by atoms with Crippen molar-refractivity contribution in [3.05, 3.63) is 0 Å². The standard InChI is InChI=1S/C12H18O5/c1-2-15-11(14)9-3-5-12(6-4-9)16-8-10(7-13)17-12/h7,9-10H,2-6,8H2,1H3. The Hall–Kier alpha value is -0.940. The molecule has 0 bridgehead atoms. The fraction of sp³-hybridized carbons (Fsp3) is 0.833. The molecular formula is C12H18O5. The van der Waals surface area contributed by atoms with Crippen molar-refractivity contribution in [3.63, 3.8) is 0 Å². The summed E-state index contributed by atoms with van der Waals surface area (Å²) in [5, 5.41) is 0. The Balaban J connectivity index is 1.86. The van der Waals surface area contributed by atoms with Crippen molar-refractivity contribution in [3.8, 4) is 0 Å². The number of hydrogen-bond donors (Lipinski definition) is 0. The molecule has 96 valence electrons. The van der Waals surface area contributed by atoms with E-state index in [0.29, 0.717) is 38.9 Å². The molecule has 0 N–H and O–H groups in total. The quantitative estimate of drug-likeness (QED) is 0.547. The maximum Gasteiger partial charge on any atom is 0.308 e. The first-order valence-corrected chi connectivity index (χ1v) is 6.13. The van der Waals surface area contributed by atoms with Crippen LogP contribution in [0, 0.1) is 5.92 Å². The average Bonchev–Trinajstić information content (AvgIpc) is 2.74. The SMILES string of the molecule is CCOC(=O)C1CCC2(CC1)OCC(C=O)O2. The molecule has 0 radical (unpaired) electrons. The van der Waals surface area contributed by atoms with Gasteiger partial charge in [-0.3, -0.25) is 4.79 Å². The van der Waals surface area contributed by atoms with E-state index in [1.807, 2.05) is 0 Å². The molecule has 1 heterocycles. The van der Waals surface area contributed by atoms with E-state index >= 15 is 0 Å². The molecule has 1 unspecified atom stereocenters. The summed E-state index contributed by atoms with van der Waals surface area (Å²) in [4.78, 5) is 22.2. The van der Waals surface area contributed by atoms with Crippen molar-refractivity contribution in [1.29, 1.82) is 0 Å². The predicted octanol–water partition coefficient (Wildman–Crippen LogP) is 1.05. The second-order valence-corrected chi connectivity index (χ2v) is 4.54. The number of ether oxygens (including phenoxy) is 3. The molecule has 5 nitrogen and oxygen atoms in total. The molecule has 5 heteroatoms. The van der Waals surface area contributed by atoms with Crippen molar-refractivity contribution in [2.75, 3.05) is 13.2 Å². The van der Waals surface area contributed by atoms with Gasteiger partial charge in [-0.1, -0.05) is 0 Å². The third-order valence-corrected chi connectivity index (χ3v) is 3.40. The molecule has 1 spiro atoms. The summed E-state index contributed by atoms with van der Waals surface area (Å²) in [6.45, 7) is 2.55. The molecule has 0 aromatic rings. The Morgan fingerprint density at radius 2 is 2.18 bits per heavy atom. The second kappa shape index (κ2) is 5.14. The van der Waals surface area contributed by atoms with Crippen LogP contribution in [0.2, 0.25) is 0 Å². The molecular weight excluding hydrogens is 224 g/mol. The van der Waals surface area contributed by atoms with Crippen LogP contribution >= 0.6 is 0 Å². The Morgan fingerprint density at radius 3 is 2.71 bits per heavy atom. The van der Waals surface area contributed by atoms with Gasteiger partial charge in [0.15, 0.2) is 12.1 Å². The van der Waals surface area contributed by atoms with E-state index in [1.54, 1.807) is 6.92 Å². The van der Waals surface area contributed by atoms with E-state index in [4.69, 9.17) is 14.2 Å². The summed E-state index contributed by atoms with van der Waals surface area (Å²) >= 11 is 0. The number of carbonyl (C=O) groups is 2. The van der Waals surface area contributed by atoms with Crippen LogP contribution in [0.15, 0.2) is 0 Å². The first-order valence-electron chi connectivity index (χ1n) is 6.13. The molecule has 2 fully saturated rings. The zero-order valence-electron chi connectivity index (χ0n) is 10.0. The van der Waals surface area contributed by atoms with E-state index in [1.165, 1.54) is 0 Å². The van der Waals surface area contributed by atoms with Crippen molar-refractivity contribution >= 4 is 12.3 Å². The molecule has 1 aliphatic carbocycles. The maximum absolute atomic E-state index is 11.6. The van der Waals surface area contributed by atoms with Crippen LogP contribution in [0.1, 0.15) is 32.6 Å². The fourth-order valence-corrected chi connectivity index (χ4v) is 2.46. The Bertz CT molecular complexity index is 293. The largest absolute Gasteiger partial charge is 0.466 e. The first kappa shape index (κ1) is 12.5. The van der Waals surface area contributed by atoms with Crippen LogP contribution in [0.3, 0.4) is 0 Å². The van der Waals surface area contributed by atoms with Gasteiger partial charge in [-0.05, 0) is 19.8 Å². The molecule has 2 rings (SSSR count). The molecule has 2 aliphatic rings. The third-order valence-electron chi connectivity index (χ3n) is 3.40. The molecule has 1 saturated heterocycles. The van der Waals surface area contributed by atoms with E-state index < -0.39 is 11.9 Å². The van der Waals surface area contributed by atoms with Crippen LogP contribution in [0.5, 0.6) is 0 Å². The first-order chi connectivity index (χ1) is 8.19. The van der Waals surface area contributed by atoms with Gasteiger partial charge in [-0.25, -0.2) is 0 Å². The van der Waals surface area contributed by atoms with Crippen LogP contribution < -0.4 is 0 Å². The summed E-state index contributed by atoms with van der Waals surface area (Å²) in [6.07, 6.45) is 3.02. The lowest BCUT2D eigenvalue weighted by Crippen LogP contribution is -2.38. The maximum atomic E-state index is 11.6. The lowest BCUT2D eigenvalue weighted by Gasteiger charge is -2.34. The lowest BCUT2D eigenvalue weighted by atomic mass is 9.85. The van der Waals surface area contributed by atoms with E-state index in [2.05, 4.69) is 0 Å². The molecule has 0 aromatic heterocycles. The molecule has 0 aromatic carbocycles. The number of rotatable bonds is 3. The van der Waals surface area contributed by atoms with E-state index in [0.717, 1.165) is 6.29 Å². The van der Waals surface area contributed by atoms with Gasteiger partial charge in [0.2, 0.25) is 0 Å². The Morgan fingerprint density at radius 1 is 1.47 bits per heavy atom. The van der Waals surface area contributed by atoms with Gasteiger partial charge in [0.05, 0.1) is 19.1 Å². The van der Waals surface area contributed by atoms with Gasteiger partial charge < -0.3 is 19.0 Å². The average molecular weight is 242 g/mol. The topological polar surface area (TPSA) is 61.8 Å². The minimum atomic E-state index is -0.630. The highest BCUT2D eigenvalue weighted by atomic mass is 16.7. The minimum Gasteiger partial charge on any atom is -0.466 e. The van der Waals surface area contributed by atoms with Gasteiger partial charge in [0.1, 0.15) is 6.10 Å². The molecule has 1 saturated carbocycles. The van der Waals surface area contributed by atoms with Crippen LogP contribution in [-0.4, -0.2) is 37.4 Å². The highest BCUT2D eigenvalue weighted by Crippen LogP contribution is 2.40. The predicted molar refractivity (Wildman–Crippen MR) is 58.2 cm³/mol.